The summed E-state index contributed by atoms with van der Waals surface area (Å²) in [6, 6.07) is 12.7. The Morgan fingerprint density at radius 2 is 1.88 bits per heavy atom. The second kappa shape index (κ2) is 7.47. The average Bonchev–Trinajstić information content (AvgIpc) is 3.07. The van der Waals surface area contributed by atoms with Gasteiger partial charge in [-0.05, 0) is 42.8 Å². The van der Waals surface area contributed by atoms with Crippen molar-refractivity contribution in [2.75, 3.05) is 42.9 Å². The van der Waals surface area contributed by atoms with Crippen LogP contribution in [0.1, 0.15) is 23.2 Å². The lowest BCUT2D eigenvalue weighted by Crippen LogP contribution is -2.24. The molecule has 2 amide bonds. The van der Waals surface area contributed by atoms with Crippen molar-refractivity contribution >= 4 is 28.9 Å². The van der Waals surface area contributed by atoms with Gasteiger partial charge in [-0.3, -0.25) is 9.59 Å². The first-order chi connectivity index (χ1) is 12.5. The maximum absolute atomic E-state index is 12.5. The van der Waals surface area contributed by atoms with Crippen LogP contribution in [0.2, 0.25) is 0 Å². The molecule has 0 atom stereocenters. The Bertz CT molecular complexity index is 816. The van der Waals surface area contributed by atoms with Crippen LogP contribution in [0.25, 0.3) is 0 Å². The molecule has 136 valence electrons. The lowest BCUT2D eigenvalue weighted by atomic mass is 10.1. The maximum Gasteiger partial charge on any atom is 0.255 e. The number of rotatable bonds is 5. The Kier molecular flexibility index (Phi) is 5.11. The number of hydrogen-bond acceptors (Lipinski definition) is 4. The summed E-state index contributed by atoms with van der Waals surface area (Å²) in [5.41, 5.74) is 2.97. The average molecular weight is 353 g/mol. The third-order valence-corrected chi connectivity index (χ3v) is 4.45. The van der Waals surface area contributed by atoms with E-state index in [0.717, 1.165) is 17.8 Å². The van der Waals surface area contributed by atoms with Crippen molar-refractivity contribution in [1.29, 1.82) is 0 Å². The highest BCUT2D eigenvalue weighted by Crippen LogP contribution is 2.34. The van der Waals surface area contributed by atoms with E-state index in [2.05, 4.69) is 5.32 Å². The van der Waals surface area contributed by atoms with Gasteiger partial charge in [-0.1, -0.05) is 0 Å². The van der Waals surface area contributed by atoms with Gasteiger partial charge >= 0.3 is 0 Å². The standard InChI is InChI=1S/C20H23N3O3/c1-22(2)16-9-6-14(7-10-16)20(25)21-15-8-11-17(18(13-15)26-3)23-12-4-5-19(23)24/h6-11,13H,4-5,12H2,1-3H3,(H,21,25). The van der Waals surface area contributed by atoms with Gasteiger partial charge < -0.3 is 19.9 Å². The van der Waals surface area contributed by atoms with Gasteiger partial charge in [0.1, 0.15) is 5.75 Å². The van der Waals surface area contributed by atoms with Crippen molar-refractivity contribution in [1.82, 2.24) is 0 Å². The quantitative estimate of drug-likeness (QED) is 0.897. The van der Waals surface area contributed by atoms with Crippen molar-refractivity contribution in [2.45, 2.75) is 12.8 Å². The number of nitrogens with one attached hydrogen (secondary N) is 1. The molecule has 1 saturated heterocycles. The molecule has 2 aromatic rings. The number of benzene rings is 2. The highest BCUT2D eigenvalue weighted by Gasteiger charge is 2.24. The molecule has 1 heterocycles. The molecule has 6 nitrogen and oxygen atoms in total. The Morgan fingerprint density at radius 3 is 2.46 bits per heavy atom. The fraction of sp³-hybridized carbons (Fsp3) is 0.300. The number of amides is 2. The summed E-state index contributed by atoms with van der Waals surface area (Å²) in [6.07, 6.45) is 1.41. The van der Waals surface area contributed by atoms with Gasteiger partial charge in [-0.2, -0.15) is 0 Å². The molecule has 1 N–H and O–H groups in total. The minimum Gasteiger partial charge on any atom is -0.494 e. The second-order valence-electron chi connectivity index (χ2n) is 6.43. The van der Waals surface area contributed by atoms with Gasteiger partial charge in [-0.25, -0.2) is 0 Å². The molecule has 0 spiro atoms. The van der Waals surface area contributed by atoms with E-state index in [0.29, 0.717) is 30.0 Å². The number of anilines is 3. The molecule has 0 unspecified atom stereocenters. The van der Waals surface area contributed by atoms with Gasteiger partial charge in [0.2, 0.25) is 5.91 Å². The molecule has 0 aromatic heterocycles. The van der Waals surface area contributed by atoms with E-state index in [4.69, 9.17) is 4.74 Å². The fourth-order valence-corrected chi connectivity index (χ4v) is 3.00. The molecule has 3 rings (SSSR count). The van der Waals surface area contributed by atoms with Crippen molar-refractivity contribution in [3.05, 3.63) is 48.0 Å². The van der Waals surface area contributed by atoms with Crippen LogP contribution in [-0.2, 0) is 4.79 Å². The molecular weight excluding hydrogens is 330 g/mol. The summed E-state index contributed by atoms with van der Waals surface area (Å²) < 4.78 is 5.43. The monoisotopic (exact) mass is 353 g/mol. The van der Waals surface area contributed by atoms with Crippen LogP contribution in [-0.4, -0.2) is 39.6 Å². The molecule has 26 heavy (non-hydrogen) atoms. The van der Waals surface area contributed by atoms with E-state index in [1.807, 2.05) is 37.2 Å². The van der Waals surface area contributed by atoms with Crippen molar-refractivity contribution < 1.29 is 14.3 Å². The first kappa shape index (κ1) is 17.8. The molecular formula is C20H23N3O3. The van der Waals surface area contributed by atoms with E-state index in [9.17, 15) is 9.59 Å². The second-order valence-corrected chi connectivity index (χ2v) is 6.43. The number of nitrogens with zero attached hydrogens (tertiary/aromatic N) is 2. The summed E-state index contributed by atoms with van der Waals surface area (Å²) in [5.74, 6) is 0.476. The highest BCUT2D eigenvalue weighted by atomic mass is 16.5. The highest BCUT2D eigenvalue weighted by molar-refractivity contribution is 6.05. The zero-order valence-corrected chi connectivity index (χ0v) is 15.3. The van der Waals surface area contributed by atoms with Crippen LogP contribution in [0.4, 0.5) is 17.1 Å². The number of ether oxygens (including phenoxy) is 1. The van der Waals surface area contributed by atoms with E-state index in [1.165, 1.54) is 0 Å². The minimum atomic E-state index is -0.192. The Hall–Kier alpha value is -3.02. The first-order valence-electron chi connectivity index (χ1n) is 8.57. The summed E-state index contributed by atoms with van der Waals surface area (Å²) in [5, 5.41) is 2.87. The zero-order chi connectivity index (χ0) is 18.7. The molecule has 1 fully saturated rings. The lowest BCUT2D eigenvalue weighted by Gasteiger charge is -2.19. The summed E-state index contributed by atoms with van der Waals surface area (Å²) in [4.78, 5) is 28.1. The van der Waals surface area contributed by atoms with Crippen LogP contribution in [0.3, 0.4) is 0 Å². The van der Waals surface area contributed by atoms with Crippen LogP contribution in [0, 0.1) is 0 Å². The SMILES string of the molecule is COc1cc(NC(=O)c2ccc(N(C)C)cc2)ccc1N1CCCC1=O. The van der Waals surface area contributed by atoms with Crippen LogP contribution in [0.15, 0.2) is 42.5 Å². The summed E-state index contributed by atoms with van der Waals surface area (Å²) in [6.45, 7) is 0.694. The Morgan fingerprint density at radius 1 is 1.15 bits per heavy atom. The predicted octanol–water partition coefficient (Wildman–Crippen LogP) is 3.14. The van der Waals surface area contributed by atoms with Crippen molar-refractivity contribution in [2.24, 2.45) is 0 Å². The first-order valence-corrected chi connectivity index (χ1v) is 8.57. The predicted molar refractivity (Wildman–Crippen MR) is 103 cm³/mol. The van der Waals surface area contributed by atoms with Crippen LogP contribution >= 0.6 is 0 Å². The Labute approximate surface area is 153 Å². The molecule has 0 saturated carbocycles. The summed E-state index contributed by atoms with van der Waals surface area (Å²) in [7, 11) is 5.47. The molecule has 6 heteroatoms. The van der Waals surface area contributed by atoms with Crippen LogP contribution < -0.4 is 19.9 Å². The van der Waals surface area contributed by atoms with Gasteiger partial charge in [0.05, 0.1) is 12.8 Å². The lowest BCUT2D eigenvalue weighted by molar-refractivity contribution is -0.117. The van der Waals surface area contributed by atoms with E-state index in [-0.39, 0.29) is 11.8 Å². The Balaban J connectivity index is 1.77. The molecule has 1 aliphatic rings. The third kappa shape index (κ3) is 3.64. The number of methoxy groups -OCH3 is 1. The van der Waals surface area contributed by atoms with Gasteiger partial charge in [-0.15, -0.1) is 0 Å². The topological polar surface area (TPSA) is 61.9 Å². The largest absolute Gasteiger partial charge is 0.494 e. The smallest absolute Gasteiger partial charge is 0.255 e. The minimum absolute atomic E-state index is 0.0982. The normalized spacial score (nSPS) is 13.7. The number of hydrogen-bond donors (Lipinski definition) is 1. The molecule has 0 aliphatic carbocycles. The summed E-state index contributed by atoms with van der Waals surface area (Å²) >= 11 is 0. The molecule has 0 radical (unpaired) electrons. The molecule has 1 aliphatic heterocycles. The number of carbonyl (C=O) groups excluding carboxylic acids is 2. The van der Waals surface area contributed by atoms with Crippen molar-refractivity contribution in [3.63, 3.8) is 0 Å². The van der Waals surface area contributed by atoms with E-state index in [1.54, 1.807) is 36.3 Å². The van der Waals surface area contributed by atoms with Gasteiger partial charge in [0.25, 0.3) is 5.91 Å². The van der Waals surface area contributed by atoms with Crippen LogP contribution in [0.5, 0.6) is 5.75 Å². The van der Waals surface area contributed by atoms with Crippen molar-refractivity contribution in [3.8, 4) is 5.75 Å². The van der Waals surface area contributed by atoms with E-state index < -0.39 is 0 Å². The van der Waals surface area contributed by atoms with Gasteiger partial charge in [0.15, 0.2) is 0 Å². The molecule has 0 bridgehead atoms. The maximum atomic E-state index is 12.5. The molecule has 2 aromatic carbocycles. The van der Waals surface area contributed by atoms with Gasteiger partial charge in [0, 0.05) is 50.1 Å². The number of carbonyl (C=O) groups is 2. The fourth-order valence-electron chi connectivity index (χ4n) is 3.00. The third-order valence-electron chi connectivity index (χ3n) is 4.45. The van der Waals surface area contributed by atoms with E-state index >= 15 is 0 Å². The zero-order valence-electron chi connectivity index (χ0n) is 15.3.